The minimum Gasteiger partial charge on any atom is -0.494 e. The van der Waals surface area contributed by atoms with Crippen molar-refractivity contribution in [3.05, 3.63) is 63.9 Å². The molecule has 1 saturated heterocycles. The summed E-state index contributed by atoms with van der Waals surface area (Å²) in [5.74, 6) is -1.08. The molecule has 0 aliphatic carbocycles. The lowest BCUT2D eigenvalue weighted by Crippen LogP contribution is -2.25. The molecule has 33 heavy (non-hydrogen) atoms. The van der Waals surface area contributed by atoms with E-state index in [1.807, 2.05) is 0 Å². The van der Waals surface area contributed by atoms with Gasteiger partial charge in [0.2, 0.25) is 0 Å². The van der Waals surface area contributed by atoms with Gasteiger partial charge in [-0.05, 0) is 42.8 Å². The fourth-order valence-corrected chi connectivity index (χ4v) is 3.80. The summed E-state index contributed by atoms with van der Waals surface area (Å²) in [6.07, 6.45) is 0.949. The lowest BCUT2D eigenvalue weighted by molar-refractivity contribution is 0.231. The Kier molecular flexibility index (Phi) is 6.38. The molecule has 0 spiro atoms. The number of methoxy groups -OCH3 is 1. The van der Waals surface area contributed by atoms with Crippen molar-refractivity contribution in [1.82, 2.24) is 14.9 Å². The Balaban J connectivity index is 1.88. The standard InChI is InChI=1S/C24H22F2N4O3/c1-30-23(31)21(15-5-6-20(32-2)19(26)9-15)22(16-3-4-17(11-27)18(25)10-16)29-24(30)33-13-14-7-8-28-12-14/h3-6,9-10,14,28H,7-8,12-13H2,1-2H3. The predicted octanol–water partition coefficient (Wildman–Crippen LogP) is 3.26. The number of hydrogen-bond donors (Lipinski definition) is 1. The summed E-state index contributed by atoms with van der Waals surface area (Å²) >= 11 is 0. The number of nitrogens with one attached hydrogen (secondary N) is 1. The van der Waals surface area contributed by atoms with Gasteiger partial charge in [0.05, 0.1) is 30.5 Å². The molecule has 1 N–H and O–H groups in total. The highest BCUT2D eigenvalue weighted by Crippen LogP contribution is 2.32. The van der Waals surface area contributed by atoms with Gasteiger partial charge < -0.3 is 14.8 Å². The summed E-state index contributed by atoms with van der Waals surface area (Å²) in [6.45, 7) is 2.08. The van der Waals surface area contributed by atoms with E-state index >= 15 is 0 Å². The molecule has 0 amide bonds. The predicted molar refractivity (Wildman–Crippen MR) is 118 cm³/mol. The molecule has 0 radical (unpaired) electrons. The van der Waals surface area contributed by atoms with E-state index in [2.05, 4.69) is 10.3 Å². The van der Waals surface area contributed by atoms with Crippen molar-refractivity contribution in [2.45, 2.75) is 6.42 Å². The van der Waals surface area contributed by atoms with Crippen molar-refractivity contribution in [3.8, 4) is 40.2 Å². The normalized spacial score (nSPS) is 15.3. The van der Waals surface area contributed by atoms with Gasteiger partial charge in [-0.1, -0.05) is 12.1 Å². The second-order valence-electron chi connectivity index (χ2n) is 7.81. The Labute approximate surface area is 189 Å². The van der Waals surface area contributed by atoms with E-state index in [0.29, 0.717) is 6.61 Å². The molecule has 1 atom stereocenters. The largest absolute Gasteiger partial charge is 0.494 e. The van der Waals surface area contributed by atoms with Crippen molar-refractivity contribution < 1.29 is 18.3 Å². The van der Waals surface area contributed by atoms with E-state index in [9.17, 15) is 13.6 Å². The molecule has 1 aliphatic heterocycles. The Hall–Kier alpha value is -3.77. The third kappa shape index (κ3) is 4.43. The van der Waals surface area contributed by atoms with E-state index in [4.69, 9.17) is 14.7 Å². The number of ether oxygens (including phenoxy) is 2. The van der Waals surface area contributed by atoms with Crippen LogP contribution >= 0.6 is 0 Å². The molecule has 7 nitrogen and oxygen atoms in total. The first-order valence-corrected chi connectivity index (χ1v) is 10.4. The number of aromatic nitrogens is 2. The lowest BCUT2D eigenvalue weighted by atomic mass is 9.99. The molecule has 4 rings (SSSR count). The van der Waals surface area contributed by atoms with Crippen LogP contribution in [0.5, 0.6) is 11.8 Å². The molecule has 2 heterocycles. The Morgan fingerprint density at radius 1 is 1.21 bits per heavy atom. The second-order valence-corrected chi connectivity index (χ2v) is 7.81. The van der Waals surface area contributed by atoms with Crippen LogP contribution in [0.4, 0.5) is 8.78 Å². The van der Waals surface area contributed by atoms with Crippen LogP contribution in [0.15, 0.2) is 41.2 Å². The summed E-state index contributed by atoms with van der Waals surface area (Å²) in [5.41, 5.74) is 0.123. The van der Waals surface area contributed by atoms with Gasteiger partial charge in [-0.15, -0.1) is 0 Å². The number of hydrogen-bond acceptors (Lipinski definition) is 6. The molecular weight excluding hydrogens is 430 g/mol. The first-order valence-electron chi connectivity index (χ1n) is 10.4. The summed E-state index contributed by atoms with van der Waals surface area (Å²) in [6, 6.07) is 9.90. The number of halogens is 2. The minimum atomic E-state index is -0.746. The number of benzene rings is 2. The van der Waals surface area contributed by atoms with Crippen molar-refractivity contribution in [2.75, 3.05) is 26.8 Å². The molecule has 1 fully saturated rings. The van der Waals surface area contributed by atoms with Crippen LogP contribution in [0.25, 0.3) is 22.4 Å². The zero-order chi connectivity index (χ0) is 23.5. The number of rotatable bonds is 6. The molecule has 0 saturated carbocycles. The van der Waals surface area contributed by atoms with Crippen LogP contribution in [0.2, 0.25) is 0 Å². The van der Waals surface area contributed by atoms with Crippen LogP contribution in [-0.4, -0.2) is 36.4 Å². The van der Waals surface area contributed by atoms with Gasteiger partial charge >= 0.3 is 0 Å². The number of nitriles is 1. The van der Waals surface area contributed by atoms with Gasteiger partial charge in [0.1, 0.15) is 11.9 Å². The summed E-state index contributed by atoms with van der Waals surface area (Å²) in [5, 5.41) is 12.3. The van der Waals surface area contributed by atoms with Crippen LogP contribution in [0, 0.1) is 28.9 Å². The van der Waals surface area contributed by atoms with Crippen molar-refractivity contribution >= 4 is 0 Å². The highest BCUT2D eigenvalue weighted by Gasteiger charge is 2.22. The first kappa shape index (κ1) is 22.4. The van der Waals surface area contributed by atoms with E-state index in [0.717, 1.165) is 25.6 Å². The van der Waals surface area contributed by atoms with Crippen molar-refractivity contribution in [2.24, 2.45) is 13.0 Å². The van der Waals surface area contributed by atoms with E-state index < -0.39 is 17.2 Å². The van der Waals surface area contributed by atoms with Gasteiger partial charge in [0.25, 0.3) is 11.6 Å². The topological polar surface area (TPSA) is 89.2 Å². The monoisotopic (exact) mass is 452 g/mol. The third-order valence-electron chi connectivity index (χ3n) is 5.66. The summed E-state index contributed by atoms with van der Waals surface area (Å²) in [4.78, 5) is 17.9. The van der Waals surface area contributed by atoms with Crippen molar-refractivity contribution in [3.63, 3.8) is 0 Å². The average molecular weight is 452 g/mol. The Bertz CT molecular complexity index is 1290. The smallest absolute Gasteiger partial charge is 0.299 e. The van der Waals surface area contributed by atoms with Crippen molar-refractivity contribution in [1.29, 1.82) is 5.26 Å². The summed E-state index contributed by atoms with van der Waals surface area (Å²) in [7, 11) is 2.86. The summed E-state index contributed by atoms with van der Waals surface area (Å²) < 4.78 is 41.0. The van der Waals surface area contributed by atoms with Crippen LogP contribution < -0.4 is 20.3 Å². The van der Waals surface area contributed by atoms with Crippen LogP contribution in [-0.2, 0) is 7.05 Å². The maximum absolute atomic E-state index is 14.5. The maximum atomic E-state index is 14.5. The minimum absolute atomic E-state index is 0.0274. The average Bonchev–Trinajstić information content (AvgIpc) is 3.33. The van der Waals surface area contributed by atoms with Crippen LogP contribution in [0.3, 0.4) is 0 Å². The molecule has 0 bridgehead atoms. The van der Waals surface area contributed by atoms with E-state index in [1.165, 1.54) is 49.1 Å². The van der Waals surface area contributed by atoms with Gasteiger partial charge in [0, 0.05) is 25.1 Å². The highest BCUT2D eigenvalue weighted by atomic mass is 19.1. The SMILES string of the molecule is COc1ccc(-c2c(-c3ccc(C#N)c(F)c3)nc(OCC3CCNC3)n(C)c2=O)cc1F. The zero-order valence-electron chi connectivity index (χ0n) is 18.2. The fourth-order valence-electron chi connectivity index (χ4n) is 3.80. The quantitative estimate of drug-likeness (QED) is 0.618. The molecule has 9 heteroatoms. The van der Waals surface area contributed by atoms with Gasteiger partial charge in [0.15, 0.2) is 11.6 Å². The van der Waals surface area contributed by atoms with E-state index in [1.54, 1.807) is 6.07 Å². The second kappa shape index (κ2) is 9.38. The molecule has 3 aromatic rings. The Morgan fingerprint density at radius 2 is 1.97 bits per heavy atom. The molecule has 1 aromatic heterocycles. The highest BCUT2D eigenvalue weighted by molar-refractivity contribution is 5.81. The third-order valence-corrected chi connectivity index (χ3v) is 5.66. The Morgan fingerprint density at radius 3 is 2.61 bits per heavy atom. The first-order chi connectivity index (χ1) is 15.9. The lowest BCUT2D eigenvalue weighted by Gasteiger charge is -2.17. The number of nitrogens with zero attached hydrogens (tertiary/aromatic N) is 3. The molecule has 170 valence electrons. The van der Waals surface area contributed by atoms with Gasteiger partial charge in [-0.3, -0.25) is 9.36 Å². The zero-order valence-corrected chi connectivity index (χ0v) is 18.2. The maximum Gasteiger partial charge on any atom is 0.299 e. The molecular formula is C24H22F2N4O3. The van der Waals surface area contributed by atoms with Gasteiger partial charge in [-0.2, -0.15) is 10.2 Å². The molecule has 2 aromatic carbocycles. The molecule has 1 aliphatic rings. The van der Waals surface area contributed by atoms with E-state index in [-0.39, 0.29) is 45.6 Å². The van der Waals surface area contributed by atoms with Gasteiger partial charge in [-0.25, -0.2) is 8.78 Å². The molecule has 1 unspecified atom stereocenters. The fraction of sp³-hybridized carbons (Fsp3) is 0.292. The van der Waals surface area contributed by atoms with Crippen LogP contribution in [0.1, 0.15) is 12.0 Å².